The maximum absolute atomic E-state index is 11.3. The van der Waals surface area contributed by atoms with Crippen molar-refractivity contribution in [2.75, 3.05) is 31.6 Å². The van der Waals surface area contributed by atoms with Crippen molar-refractivity contribution < 1.29 is 8.42 Å². The molecule has 1 aliphatic carbocycles. The van der Waals surface area contributed by atoms with Crippen molar-refractivity contribution in [3.8, 4) is 0 Å². The minimum Gasteiger partial charge on any atom is -0.311 e. The van der Waals surface area contributed by atoms with Crippen LogP contribution in [0.2, 0.25) is 0 Å². The largest absolute Gasteiger partial charge is 0.311 e. The van der Waals surface area contributed by atoms with E-state index in [9.17, 15) is 8.42 Å². The van der Waals surface area contributed by atoms with E-state index in [2.05, 4.69) is 31.0 Å². The van der Waals surface area contributed by atoms with Gasteiger partial charge in [-0.3, -0.25) is 4.90 Å². The number of piperazine rings is 1. The Bertz CT molecular complexity index is 424. The van der Waals surface area contributed by atoms with Crippen LogP contribution in [0.25, 0.3) is 0 Å². The first-order valence-electron chi connectivity index (χ1n) is 7.82. The molecule has 1 saturated heterocycles. The minimum atomic E-state index is -2.84. The second-order valence-electron chi connectivity index (χ2n) is 7.71. The van der Waals surface area contributed by atoms with Crippen LogP contribution in [0.4, 0.5) is 0 Å². The van der Waals surface area contributed by atoms with Gasteiger partial charge < -0.3 is 5.32 Å². The highest BCUT2D eigenvalue weighted by Gasteiger charge is 2.40. The van der Waals surface area contributed by atoms with Crippen LogP contribution in [0.15, 0.2) is 0 Å². The Balaban J connectivity index is 1.94. The zero-order valence-electron chi connectivity index (χ0n) is 13.4. The summed E-state index contributed by atoms with van der Waals surface area (Å²) in [7, 11) is -2.84. The molecule has 0 bridgehead atoms. The highest BCUT2D eigenvalue weighted by atomic mass is 32.2. The van der Waals surface area contributed by atoms with E-state index < -0.39 is 9.84 Å². The number of hydrogen-bond acceptors (Lipinski definition) is 4. The van der Waals surface area contributed by atoms with E-state index in [1.165, 1.54) is 19.1 Å². The van der Waals surface area contributed by atoms with Gasteiger partial charge in [0.1, 0.15) is 9.84 Å². The lowest BCUT2D eigenvalue weighted by Crippen LogP contribution is -2.61. The molecule has 0 spiro atoms. The standard InChI is InChI=1S/C15H30N2O2S/c1-15(2,3)14-10-16-13(12-6-7-12)11-17(14)8-5-9-20(4,18)19/h12-14,16H,5-11H2,1-4H3. The molecule has 5 heteroatoms. The summed E-state index contributed by atoms with van der Waals surface area (Å²) in [5, 5.41) is 3.71. The third-order valence-corrected chi connectivity index (χ3v) is 5.63. The molecular weight excluding hydrogens is 272 g/mol. The number of rotatable bonds is 5. The highest BCUT2D eigenvalue weighted by molar-refractivity contribution is 7.90. The zero-order valence-corrected chi connectivity index (χ0v) is 14.2. The number of sulfone groups is 1. The molecule has 1 aliphatic heterocycles. The van der Waals surface area contributed by atoms with Gasteiger partial charge in [-0.1, -0.05) is 20.8 Å². The van der Waals surface area contributed by atoms with Crippen molar-refractivity contribution >= 4 is 9.84 Å². The van der Waals surface area contributed by atoms with Gasteiger partial charge in [0.05, 0.1) is 5.75 Å². The lowest BCUT2D eigenvalue weighted by Gasteiger charge is -2.46. The summed E-state index contributed by atoms with van der Waals surface area (Å²) in [4.78, 5) is 2.53. The molecule has 1 saturated carbocycles. The van der Waals surface area contributed by atoms with Crippen molar-refractivity contribution in [2.45, 2.75) is 52.1 Å². The van der Waals surface area contributed by atoms with Crippen molar-refractivity contribution in [2.24, 2.45) is 11.3 Å². The molecule has 0 aromatic heterocycles. The van der Waals surface area contributed by atoms with Gasteiger partial charge in [0.2, 0.25) is 0 Å². The molecule has 1 heterocycles. The van der Waals surface area contributed by atoms with Crippen molar-refractivity contribution in [1.82, 2.24) is 10.2 Å². The van der Waals surface area contributed by atoms with Crippen LogP contribution >= 0.6 is 0 Å². The topological polar surface area (TPSA) is 49.4 Å². The summed E-state index contributed by atoms with van der Waals surface area (Å²) in [6.45, 7) is 9.85. The maximum atomic E-state index is 11.3. The van der Waals surface area contributed by atoms with Gasteiger partial charge in [0.15, 0.2) is 0 Å². The molecule has 0 amide bonds. The molecule has 2 rings (SSSR count). The van der Waals surface area contributed by atoms with Gasteiger partial charge >= 0.3 is 0 Å². The van der Waals surface area contributed by atoms with E-state index in [-0.39, 0.29) is 5.41 Å². The van der Waals surface area contributed by atoms with E-state index in [0.717, 1.165) is 32.0 Å². The molecule has 2 fully saturated rings. The van der Waals surface area contributed by atoms with Gasteiger partial charge in [-0.05, 0) is 37.1 Å². The van der Waals surface area contributed by atoms with Gasteiger partial charge in [0.25, 0.3) is 0 Å². The molecule has 118 valence electrons. The average Bonchev–Trinajstić information content (AvgIpc) is 3.09. The Labute approximate surface area is 124 Å². The Morgan fingerprint density at radius 3 is 2.40 bits per heavy atom. The van der Waals surface area contributed by atoms with Gasteiger partial charge in [0, 0.05) is 31.4 Å². The Morgan fingerprint density at radius 1 is 1.25 bits per heavy atom. The maximum Gasteiger partial charge on any atom is 0.147 e. The number of nitrogens with zero attached hydrogens (tertiary/aromatic N) is 1. The first-order valence-corrected chi connectivity index (χ1v) is 9.88. The SMILES string of the molecule is CC(C)(C)C1CNC(C2CC2)CN1CCCS(C)(=O)=O. The molecule has 1 N–H and O–H groups in total. The predicted molar refractivity (Wildman–Crippen MR) is 83.7 cm³/mol. The fourth-order valence-electron chi connectivity index (χ4n) is 3.28. The summed E-state index contributed by atoms with van der Waals surface area (Å²) in [5.41, 5.74) is 0.229. The first kappa shape index (κ1) is 16.2. The van der Waals surface area contributed by atoms with Crippen LogP contribution in [-0.2, 0) is 9.84 Å². The molecule has 2 atom stereocenters. The highest BCUT2D eigenvalue weighted by Crippen LogP contribution is 2.36. The summed E-state index contributed by atoms with van der Waals surface area (Å²) in [6.07, 6.45) is 4.80. The quantitative estimate of drug-likeness (QED) is 0.836. The fraction of sp³-hybridized carbons (Fsp3) is 1.00. The monoisotopic (exact) mass is 302 g/mol. The van der Waals surface area contributed by atoms with Crippen LogP contribution in [0, 0.1) is 11.3 Å². The van der Waals surface area contributed by atoms with Gasteiger partial charge in [-0.2, -0.15) is 0 Å². The molecule has 0 aromatic carbocycles. The lowest BCUT2D eigenvalue weighted by molar-refractivity contribution is 0.0516. The summed E-state index contributed by atoms with van der Waals surface area (Å²) >= 11 is 0. The molecule has 4 nitrogen and oxygen atoms in total. The van der Waals surface area contributed by atoms with Crippen LogP contribution in [-0.4, -0.2) is 57.0 Å². The van der Waals surface area contributed by atoms with E-state index in [0.29, 0.717) is 17.8 Å². The minimum absolute atomic E-state index is 0.229. The molecular formula is C15H30N2O2S. The number of hydrogen-bond donors (Lipinski definition) is 1. The second-order valence-corrected chi connectivity index (χ2v) is 9.97. The Hall–Kier alpha value is -0.130. The van der Waals surface area contributed by atoms with Crippen LogP contribution < -0.4 is 5.32 Å². The normalized spacial score (nSPS) is 29.6. The summed E-state index contributed by atoms with van der Waals surface area (Å²) in [5.74, 6) is 1.16. The Kier molecular flexibility index (Phi) is 4.82. The summed E-state index contributed by atoms with van der Waals surface area (Å²) in [6, 6.07) is 1.11. The van der Waals surface area contributed by atoms with Crippen molar-refractivity contribution in [3.63, 3.8) is 0 Å². The Morgan fingerprint density at radius 2 is 1.90 bits per heavy atom. The van der Waals surface area contributed by atoms with E-state index in [4.69, 9.17) is 0 Å². The third kappa shape index (κ3) is 4.71. The van der Waals surface area contributed by atoms with Crippen molar-refractivity contribution in [1.29, 1.82) is 0 Å². The zero-order chi connectivity index (χ0) is 15.0. The van der Waals surface area contributed by atoms with Crippen molar-refractivity contribution in [3.05, 3.63) is 0 Å². The average molecular weight is 302 g/mol. The fourth-order valence-corrected chi connectivity index (χ4v) is 3.94. The predicted octanol–water partition coefficient (Wildman–Crippen LogP) is 1.52. The molecule has 0 radical (unpaired) electrons. The van der Waals surface area contributed by atoms with Gasteiger partial charge in [-0.25, -0.2) is 8.42 Å². The second kappa shape index (κ2) is 5.93. The molecule has 20 heavy (non-hydrogen) atoms. The van der Waals surface area contributed by atoms with E-state index in [1.54, 1.807) is 0 Å². The van der Waals surface area contributed by atoms with Crippen LogP contribution in [0.1, 0.15) is 40.0 Å². The lowest BCUT2D eigenvalue weighted by atomic mass is 9.83. The smallest absolute Gasteiger partial charge is 0.147 e. The van der Waals surface area contributed by atoms with Gasteiger partial charge in [-0.15, -0.1) is 0 Å². The molecule has 2 unspecified atom stereocenters. The van der Waals surface area contributed by atoms with E-state index in [1.807, 2.05) is 0 Å². The van der Waals surface area contributed by atoms with E-state index >= 15 is 0 Å². The number of nitrogens with one attached hydrogen (secondary N) is 1. The third-order valence-electron chi connectivity index (χ3n) is 4.60. The van der Waals surface area contributed by atoms with Crippen LogP contribution in [0.5, 0.6) is 0 Å². The molecule has 0 aromatic rings. The van der Waals surface area contributed by atoms with Crippen LogP contribution in [0.3, 0.4) is 0 Å². The first-order chi connectivity index (χ1) is 9.17. The summed E-state index contributed by atoms with van der Waals surface area (Å²) < 4.78 is 22.6. The molecule has 2 aliphatic rings.